The lowest BCUT2D eigenvalue weighted by Gasteiger charge is -2.25. The highest BCUT2D eigenvalue weighted by Gasteiger charge is 2.24. The minimum atomic E-state index is 0.194. The summed E-state index contributed by atoms with van der Waals surface area (Å²) in [4.78, 5) is 18.4. The Morgan fingerprint density at radius 2 is 1.27 bits per heavy atom. The summed E-state index contributed by atoms with van der Waals surface area (Å²) in [6.45, 7) is 0. The van der Waals surface area contributed by atoms with Gasteiger partial charge in [0, 0.05) is 64.2 Å². The predicted molar refractivity (Wildman–Crippen MR) is 226 cm³/mol. The van der Waals surface area contributed by atoms with Gasteiger partial charge in [-0.1, -0.05) is 85.0 Å². The third-order valence-corrected chi connectivity index (χ3v) is 11.4. The maximum Gasteiger partial charge on any atom is 0.160 e. The summed E-state index contributed by atoms with van der Waals surface area (Å²) in [5, 5.41) is 1.36. The largest absolute Gasteiger partial charge is 0.310 e. The number of hydrogen-bond donors (Lipinski definition) is 0. The first-order valence-electron chi connectivity index (χ1n) is 19.6. The van der Waals surface area contributed by atoms with Crippen molar-refractivity contribution < 1.29 is 0 Å². The molecule has 3 aromatic carbocycles. The van der Waals surface area contributed by atoms with Crippen LogP contribution in [-0.2, 0) is 6.42 Å². The molecular formula is C50H41N5. The predicted octanol–water partition coefficient (Wildman–Crippen LogP) is 12.3. The third kappa shape index (κ3) is 6.46. The lowest BCUT2D eigenvalue weighted by Crippen LogP contribution is -2.09. The maximum atomic E-state index is 5.06. The number of pyridine rings is 2. The Labute approximate surface area is 322 Å². The van der Waals surface area contributed by atoms with E-state index in [1.54, 1.807) is 24.8 Å². The molecule has 266 valence electrons. The molecular weight excluding hydrogens is 671 g/mol. The Kier molecular flexibility index (Phi) is 8.68. The molecule has 0 saturated heterocycles. The van der Waals surface area contributed by atoms with E-state index >= 15 is 0 Å². The van der Waals surface area contributed by atoms with Crippen LogP contribution in [0, 0.1) is 0 Å². The summed E-state index contributed by atoms with van der Waals surface area (Å²) in [6.07, 6.45) is 27.2. The average Bonchev–Trinajstić information content (AvgIpc) is 3.61. The monoisotopic (exact) mass is 711 g/mol. The van der Waals surface area contributed by atoms with E-state index in [4.69, 9.17) is 9.97 Å². The molecule has 1 unspecified atom stereocenters. The van der Waals surface area contributed by atoms with E-state index in [1.165, 1.54) is 81.4 Å². The number of hydrogen-bond acceptors (Lipinski definition) is 4. The number of fused-ring (bicyclic) bond motifs is 3. The van der Waals surface area contributed by atoms with Crippen molar-refractivity contribution in [3.63, 3.8) is 0 Å². The van der Waals surface area contributed by atoms with Gasteiger partial charge in [0.05, 0.1) is 16.9 Å². The molecule has 0 amide bonds. The lowest BCUT2D eigenvalue weighted by atomic mass is 9.83. The molecule has 0 saturated carbocycles. The van der Waals surface area contributed by atoms with Crippen LogP contribution in [0.4, 0.5) is 0 Å². The van der Waals surface area contributed by atoms with Crippen molar-refractivity contribution >= 4 is 33.8 Å². The second-order valence-corrected chi connectivity index (χ2v) is 14.8. The lowest BCUT2D eigenvalue weighted by molar-refractivity contribution is 0.742. The molecule has 5 heteroatoms. The van der Waals surface area contributed by atoms with Gasteiger partial charge in [0.1, 0.15) is 0 Å². The number of benzene rings is 3. The van der Waals surface area contributed by atoms with Crippen LogP contribution in [0.15, 0.2) is 152 Å². The smallest absolute Gasteiger partial charge is 0.160 e. The fourth-order valence-electron chi connectivity index (χ4n) is 8.60. The van der Waals surface area contributed by atoms with E-state index in [0.717, 1.165) is 47.3 Å². The van der Waals surface area contributed by atoms with Crippen molar-refractivity contribution in [2.24, 2.45) is 0 Å². The van der Waals surface area contributed by atoms with Gasteiger partial charge in [-0.2, -0.15) is 0 Å². The van der Waals surface area contributed by atoms with Crippen molar-refractivity contribution in [1.29, 1.82) is 0 Å². The number of para-hydroxylation sites is 1. The Bertz CT molecular complexity index is 2590. The van der Waals surface area contributed by atoms with Gasteiger partial charge in [-0.05, 0) is 127 Å². The maximum absolute atomic E-state index is 5.06. The number of rotatable bonds is 7. The van der Waals surface area contributed by atoms with Crippen LogP contribution in [-0.4, -0.2) is 24.5 Å². The quantitative estimate of drug-likeness (QED) is 0.165. The minimum Gasteiger partial charge on any atom is -0.310 e. The molecule has 7 aromatic rings. The molecule has 0 N–H and O–H groups in total. The summed E-state index contributed by atoms with van der Waals surface area (Å²) in [7, 11) is 0. The molecule has 10 rings (SSSR count). The highest BCUT2D eigenvalue weighted by molar-refractivity contribution is 5.95. The van der Waals surface area contributed by atoms with Crippen LogP contribution in [0.5, 0.6) is 0 Å². The Morgan fingerprint density at radius 1 is 0.600 bits per heavy atom. The first-order chi connectivity index (χ1) is 27.2. The van der Waals surface area contributed by atoms with Crippen LogP contribution < -0.4 is 0 Å². The van der Waals surface area contributed by atoms with Crippen molar-refractivity contribution in [2.75, 3.05) is 0 Å². The van der Waals surface area contributed by atoms with Gasteiger partial charge in [-0.25, -0.2) is 9.97 Å². The van der Waals surface area contributed by atoms with Crippen LogP contribution in [0.25, 0.3) is 67.7 Å². The van der Waals surface area contributed by atoms with E-state index in [0.29, 0.717) is 5.82 Å². The van der Waals surface area contributed by atoms with Crippen LogP contribution in [0.1, 0.15) is 72.4 Å². The topological polar surface area (TPSA) is 56.5 Å². The first kappa shape index (κ1) is 33.1. The molecule has 0 spiro atoms. The fourth-order valence-corrected chi connectivity index (χ4v) is 8.60. The molecule has 4 aromatic heterocycles. The van der Waals surface area contributed by atoms with E-state index in [-0.39, 0.29) is 5.92 Å². The van der Waals surface area contributed by atoms with Gasteiger partial charge in [-0.15, -0.1) is 0 Å². The summed E-state index contributed by atoms with van der Waals surface area (Å²) in [5.74, 6) is 0.867. The number of allylic oxidation sites excluding steroid dienone is 7. The zero-order valence-corrected chi connectivity index (χ0v) is 30.8. The number of nitrogens with zero attached hydrogens (tertiary/aromatic N) is 5. The van der Waals surface area contributed by atoms with Gasteiger partial charge >= 0.3 is 0 Å². The van der Waals surface area contributed by atoms with Crippen molar-refractivity contribution in [2.45, 2.75) is 50.9 Å². The van der Waals surface area contributed by atoms with Gasteiger partial charge in [-0.3, -0.25) is 9.97 Å². The third-order valence-electron chi connectivity index (χ3n) is 11.4. The van der Waals surface area contributed by atoms with Crippen molar-refractivity contribution in [1.82, 2.24) is 24.5 Å². The van der Waals surface area contributed by atoms with Gasteiger partial charge in [0.2, 0.25) is 0 Å². The normalized spacial score (nSPS) is 16.7. The molecule has 4 heterocycles. The molecule has 0 bridgehead atoms. The van der Waals surface area contributed by atoms with Gasteiger partial charge < -0.3 is 4.57 Å². The van der Waals surface area contributed by atoms with Crippen LogP contribution >= 0.6 is 0 Å². The molecule has 55 heavy (non-hydrogen) atoms. The number of aryl methyl sites for hydroxylation is 1. The SMILES string of the molecule is C1=Cc2c(c3ccccc3n2C2=CC(c3ccc(-c4cc(-c5ccncc5)nc(-c5ccncc5)n4)cc3)CC(c3ccc(C4=CCCCC4)cc3)=C2)CC1. The second-order valence-electron chi connectivity index (χ2n) is 14.8. The molecule has 3 aliphatic rings. The number of aromatic nitrogens is 5. The van der Waals surface area contributed by atoms with E-state index in [9.17, 15) is 0 Å². The Hall–Kier alpha value is -6.46. The molecule has 0 fully saturated rings. The fraction of sp³-hybridized carbons (Fsp3) is 0.160. The zero-order valence-electron chi connectivity index (χ0n) is 30.8. The first-order valence-corrected chi connectivity index (χ1v) is 19.6. The summed E-state index contributed by atoms with van der Waals surface area (Å²) in [6, 6.07) is 37.3. The Morgan fingerprint density at radius 3 is 2.00 bits per heavy atom. The van der Waals surface area contributed by atoms with Gasteiger partial charge in [0.15, 0.2) is 5.82 Å². The molecule has 3 aliphatic carbocycles. The molecule has 1 atom stereocenters. The zero-order chi connectivity index (χ0) is 36.6. The summed E-state index contributed by atoms with van der Waals surface area (Å²) in [5.41, 5.74) is 16.8. The Balaban J connectivity index is 1.05. The standard InChI is InChI=1S/C50H41N5/c1-2-8-34(9-3-1)35-14-16-36(17-15-35)41-30-42(32-43(31-41)55-48-12-6-4-10-44(48)45-11-5-7-13-49(45)55)37-18-20-38(21-19-37)46-33-47(39-22-26-51-27-23-39)54-50(53-46)40-24-28-52-29-25-40/h4,6-8,10,12-29,31-33,42H,1-3,5,9,11,30H2. The molecule has 5 nitrogen and oxygen atoms in total. The average molecular weight is 712 g/mol. The summed E-state index contributed by atoms with van der Waals surface area (Å²) >= 11 is 0. The van der Waals surface area contributed by atoms with Crippen LogP contribution in [0.2, 0.25) is 0 Å². The second kappa shape index (κ2) is 14.4. The van der Waals surface area contributed by atoms with Gasteiger partial charge in [0.25, 0.3) is 0 Å². The van der Waals surface area contributed by atoms with Crippen molar-refractivity contribution in [3.8, 4) is 33.9 Å². The highest BCUT2D eigenvalue weighted by atomic mass is 15.0. The highest BCUT2D eigenvalue weighted by Crippen LogP contribution is 2.42. The van der Waals surface area contributed by atoms with E-state index in [1.807, 2.05) is 24.3 Å². The summed E-state index contributed by atoms with van der Waals surface area (Å²) < 4.78 is 2.50. The van der Waals surface area contributed by atoms with Crippen LogP contribution in [0.3, 0.4) is 0 Å². The molecule has 0 radical (unpaired) electrons. The van der Waals surface area contributed by atoms with Crippen molar-refractivity contribution in [3.05, 3.63) is 180 Å². The molecule has 0 aliphatic heterocycles. The minimum absolute atomic E-state index is 0.194. The van der Waals surface area contributed by atoms with E-state index in [2.05, 4.69) is 124 Å². The van der Waals surface area contributed by atoms with E-state index < -0.39 is 0 Å².